The Morgan fingerprint density at radius 2 is 2.43 bits per heavy atom. The van der Waals surface area contributed by atoms with Crippen molar-refractivity contribution >= 4 is 11.9 Å². The standard InChI is InChI=1S/C8H14N4O2/c1-6(13)10-8(11-7(2)14)12-5-3-4-9-12/h3-4,6,9,13H,5H2,1-2H3,(H,10,11,14)/p-1. The number of nitrogens with one attached hydrogen (secondary N) is 1. The molecule has 1 rings (SSSR count). The second kappa shape index (κ2) is 4.61. The number of guanidine groups is 1. The lowest BCUT2D eigenvalue weighted by Gasteiger charge is -2.19. The van der Waals surface area contributed by atoms with Crippen LogP contribution < -0.4 is 10.5 Å². The lowest BCUT2D eigenvalue weighted by molar-refractivity contribution is -0.215. The van der Waals surface area contributed by atoms with Gasteiger partial charge in [0.05, 0.1) is 6.54 Å². The van der Waals surface area contributed by atoms with Crippen LogP contribution in [0.15, 0.2) is 22.3 Å². The Labute approximate surface area is 82.3 Å². The summed E-state index contributed by atoms with van der Waals surface area (Å²) in [7, 11) is 0. The summed E-state index contributed by atoms with van der Waals surface area (Å²) in [6, 6.07) is 0. The maximum Gasteiger partial charge on any atom is 0.241 e. The Morgan fingerprint density at radius 1 is 1.71 bits per heavy atom. The molecule has 6 heteroatoms. The molecular formula is C8H13N4O2-. The number of hydrogen-bond acceptors (Lipinski definition) is 4. The fraction of sp³-hybridized carbons (Fsp3) is 0.500. The molecule has 78 valence electrons. The van der Waals surface area contributed by atoms with E-state index in [1.807, 2.05) is 6.08 Å². The van der Waals surface area contributed by atoms with Gasteiger partial charge < -0.3 is 15.6 Å². The molecule has 0 radical (unpaired) electrons. The van der Waals surface area contributed by atoms with Gasteiger partial charge in [-0.1, -0.05) is 0 Å². The van der Waals surface area contributed by atoms with E-state index in [1.54, 1.807) is 11.2 Å². The van der Waals surface area contributed by atoms with Gasteiger partial charge in [0.2, 0.25) is 5.96 Å². The first-order valence-corrected chi connectivity index (χ1v) is 4.26. The number of hydrazine groups is 1. The topological polar surface area (TPSA) is 83.3 Å². The fourth-order valence-corrected chi connectivity index (χ4v) is 0.960. The van der Waals surface area contributed by atoms with E-state index in [4.69, 9.17) is 5.11 Å². The quantitative estimate of drug-likeness (QED) is 0.408. The van der Waals surface area contributed by atoms with E-state index in [-0.39, 0.29) is 11.9 Å². The van der Waals surface area contributed by atoms with Crippen LogP contribution in [0.2, 0.25) is 0 Å². The van der Waals surface area contributed by atoms with Gasteiger partial charge in [0, 0.05) is 6.20 Å². The number of aliphatic hydroxyl groups excluding tert-OH is 1. The highest BCUT2D eigenvalue weighted by molar-refractivity contribution is 5.90. The molecule has 0 aliphatic carbocycles. The van der Waals surface area contributed by atoms with Crippen molar-refractivity contribution in [2.75, 3.05) is 6.54 Å². The van der Waals surface area contributed by atoms with E-state index in [0.29, 0.717) is 6.54 Å². The van der Waals surface area contributed by atoms with Crippen LogP contribution >= 0.6 is 0 Å². The lowest BCUT2D eigenvalue weighted by Crippen LogP contribution is -2.37. The van der Waals surface area contributed by atoms with E-state index in [1.165, 1.54) is 13.8 Å². The zero-order valence-electron chi connectivity index (χ0n) is 8.14. The third kappa shape index (κ3) is 3.06. The van der Waals surface area contributed by atoms with Gasteiger partial charge in [-0.15, -0.1) is 0 Å². The number of aliphatic hydroxyl groups is 1. The summed E-state index contributed by atoms with van der Waals surface area (Å²) < 4.78 is 0. The first kappa shape index (κ1) is 10.5. The van der Waals surface area contributed by atoms with Gasteiger partial charge in [0.1, 0.15) is 6.23 Å². The van der Waals surface area contributed by atoms with Crippen LogP contribution in [0, 0.1) is 0 Å². The molecule has 1 unspecified atom stereocenters. The zero-order chi connectivity index (χ0) is 10.6. The minimum atomic E-state index is -0.879. The summed E-state index contributed by atoms with van der Waals surface area (Å²) in [4.78, 5) is 7.48. The van der Waals surface area contributed by atoms with Gasteiger partial charge in [-0.05, 0) is 25.8 Å². The maximum atomic E-state index is 10.8. The first-order valence-electron chi connectivity index (χ1n) is 4.26. The summed E-state index contributed by atoms with van der Waals surface area (Å²) >= 11 is 0. The smallest absolute Gasteiger partial charge is 0.241 e. The van der Waals surface area contributed by atoms with Crippen molar-refractivity contribution in [3.8, 4) is 0 Å². The van der Waals surface area contributed by atoms with Gasteiger partial charge in [0.15, 0.2) is 0 Å². The second-order valence-corrected chi connectivity index (χ2v) is 2.83. The number of hydrogen-bond donors (Lipinski definition) is 2. The highest BCUT2D eigenvalue weighted by Crippen LogP contribution is 1.98. The molecular weight excluding hydrogens is 184 g/mol. The molecule has 0 bridgehead atoms. The van der Waals surface area contributed by atoms with E-state index in [9.17, 15) is 5.11 Å². The zero-order valence-corrected chi connectivity index (χ0v) is 8.14. The summed E-state index contributed by atoms with van der Waals surface area (Å²) in [5, 5.41) is 21.4. The average Bonchev–Trinajstić information content (AvgIpc) is 2.52. The third-order valence-corrected chi connectivity index (χ3v) is 1.44. The van der Waals surface area contributed by atoms with E-state index in [2.05, 4.69) is 15.4 Å². The molecule has 0 aromatic carbocycles. The van der Waals surface area contributed by atoms with Crippen molar-refractivity contribution in [3.05, 3.63) is 12.3 Å². The second-order valence-electron chi connectivity index (χ2n) is 2.83. The number of rotatable bonds is 1. The average molecular weight is 197 g/mol. The van der Waals surface area contributed by atoms with Crippen LogP contribution in [0.25, 0.3) is 0 Å². The molecule has 0 aromatic rings. The Morgan fingerprint density at radius 3 is 2.86 bits per heavy atom. The summed E-state index contributed by atoms with van der Waals surface area (Å²) in [5.41, 5.74) is 2.83. The van der Waals surface area contributed by atoms with Crippen LogP contribution in [0.4, 0.5) is 0 Å². The highest BCUT2D eigenvalue weighted by Gasteiger charge is 2.11. The van der Waals surface area contributed by atoms with Crippen molar-refractivity contribution in [2.45, 2.75) is 20.1 Å². The minimum absolute atomic E-state index is 0.192. The van der Waals surface area contributed by atoms with Crippen LogP contribution in [-0.2, 0) is 0 Å². The molecule has 1 atom stereocenters. The number of aliphatic imine (C=N–C) groups is 2. The summed E-state index contributed by atoms with van der Waals surface area (Å²) in [5.74, 6) is -0.157. The Hall–Kier alpha value is -1.56. The number of nitrogens with zero attached hydrogens (tertiary/aromatic N) is 3. The molecule has 0 saturated heterocycles. The lowest BCUT2D eigenvalue weighted by atomic mass is 10.6. The van der Waals surface area contributed by atoms with Gasteiger partial charge in [-0.25, -0.2) is 9.98 Å². The molecule has 0 spiro atoms. The predicted molar refractivity (Wildman–Crippen MR) is 51.2 cm³/mol. The Bertz CT molecular complexity index is 271. The van der Waals surface area contributed by atoms with Gasteiger partial charge in [-0.3, -0.25) is 5.01 Å². The minimum Gasteiger partial charge on any atom is -0.862 e. The Balaban J connectivity index is 2.76. The fourth-order valence-electron chi connectivity index (χ4n) is 0.960. The van der Waals surface area contributed by atoms with E-state index < -0.39 is 6.23 Å². The van der Waals surface area contributed by atoms with Crippen LogP contribution in [0.1, 0.15) is 13.8 Å². The summed E-state index contributed by atoms with van der Waals surface area (Å²) in [6.07, 6.45) is 2.69. The van der Waals surface area contributed by atoms with E-state index in [0.717, 1.165) is 0 Å². The molecule has 1 aliphatic heterocycles. The predicted octanol–water partition coefficient (Wildman–Crippen LogP) is -1.21. The molecule has 6 nitrogen and oxygen atoms in total. The van der Waals surface area contributed by atoms with Crippen molar-refractivity contribution in [3.63, 3.8) is 0 Å². The van der Waals surface area contributed by atoms with Gasteiger partial charge in [0.25, 0.3) is 0 Å². The molecule has 1 aliphatic rings. The molecule has 0 aromatic heterocycles. The Kier molecular flexibility index (Phi) is 3.47. The largest absolute Gasteiger partial charge is 0.862 e. The molecule has 2 N–H and O–H groups in total. The van der Waals surface area contributed by atoms with Crippen LogP contribution in [-0.4, -0.2) is 34.7 Å². The van der Waals surface area contributed by atoms with Crippen molar-refractivity contribution < 1.29 is 10.2 Å². The van der Waals surface area contributed by atoms with Crippen LogP contribution in [0.3, 0.4) is 0 Å². The molecule has 0 amide bonds. The van der Waals surface area contributed by atoms with Gasteiger partial charge in [-0.2, -0.15) is 0 Å². The van der Waals surface area contributed by atoms with Crippen molar-refractivity contribution in [2.24, 2.45) is 9.98 Å². The van der Waals surface area contributed by atoms with Gasteiger partial charge >= 0.3 is 0 Å². The van der Waals surface area contributed by atoms with Crippen LogP contribution in [0.5, 0.6) is 0 Å². The van der Waals surface area contributed by atoms with E-state index >= 15 is 0 Å². The molecule has 1 heterocycles. The summed E-state index contributed by atoms with van der Waals surface area (Å²) in [6.45, 7) is 3.41. The SMILES string of the molecule is CC([O-])=NC(=NC(C)O)N1CC=CN1. The van der Waals surface area contributed by atoms with Crippen molar-refractivity contribution in [1.29, 1.82) is 0 Å². The monoisotopic (exact) mass is 197 g/mol. The maximum absolute atomic E-state index is 10.8. The molecule has 0 saturated carbocycles. The third-order valence-electron chi connectivity index (χ3n) is 1.44. The molecule has 14 heavy (non-hydrogen) atoms. The normalized spacial score (nSPS) is 19.8. The first-order chi connectivity index (χ1) is 6.59. The molecule has 0 fully saturated rings. The van der Waals surface area contributed by atoms with Crippen molar-refractivity contribution in [1.82, 2.24) is 10.4 Å². The highest BCUT2D eigenvalue weighted by atomic mass is 16.3.